The molecule has 0 aromatic heterocycles. The number of para-hydroxylation sites is 1. The van der Waals surface area contributed by atoms with Crippen LogP contribution in [0.1, 0.15) is 40.5 Å². The Bertz CT molecular complexity index is 392. The summed E-state index contributed by atoms with van der Waals surface area (Å²) in [4.78, 5) is 11.7. The smallest absolute Gasteiger partial charge is 0.306 e. The Labute approximate surface area is 122 Å². The minimum absolute atomic E-state index is 0.0623. The van der Waals surface area contributed by atoms with Crippen molar-refractivity contribution in [2.24, 2.45) is 11.3 Å². The predicted octanol–water partition coefficient (Wildman–Crippen LogP) is 4.07. The van der Waals surface area contributed by atoms with E-state index < -0.39 is 0 Å². The van der Waals surface area contributed by atoms with Gasteiger partial charge in [-0.05, 0) is 36.8 Å². The quantitative estimate of drug-likeness (QED) is 0.705. The molecule has 3 heteroatoms. The molecule has 1 aromatic rings. The topological polar surface area (TPSA) is 35.5 Å². The van der Waals surface area contributed by atoms with E-state index in [4.69, 9.17) is 9.47 Å². The second-order valence-corrected chi connectivity index (χ2v) is 6.02. The summed E-state index contributed by atoms with van der Waals surface area (Å²) in [5, 5.41) is 0. The van der Waals surface area contributed by atoms with Crippen LogP contribution in [0.3, 0.4) is 0 Å². The molecule has 112 valence electrons. The van der Waals surface area contributed by atoms with Crippen LogP contribution in [0, 0.1) is 11.3 Å². The molecule has 1 unspecified atom stereocenters. The largest absolute Gasteiger partial charge is 0.494 e. The summed E-state index contributed by atoms with van der Waals surface area (Å²) < 4.78 is 10.8. The Hall–Kier alpha value is -1.51. The lowest BCUT2D eigenvalue weighted by Crippen LogP contribution is -2.26. The third-order valence-electron chi connectivity index (χ3n) is 3.42. The minimum atomic E-state index is -0.118. The molecule has 0 saturated carbocycles. The molecule has 0 aliphatic heterocycles. The molecular formula is C17H26O3. The first-order chi connectivity index (χ1) is 9.43. The van der Waals surface area contributed by atoms with Gasteiger partial charge in [-0.2, -0.15) is 0 Å². The molecule has 0 bridgehead atoms. The highest BCUT2D eigenvalue weighted by Crippen LogP contribution is 2.32. The predicted molar refractivity (Wildman–Crippen MR) is 80.7 cm³/mol. The molecule has 0 aliphatic rings. The van der Waals surface area contributed by atoms with Gasteiger partial charge in [0.15, 0.2) is 0 Å². The van der Waals surface area contributed by atoms with Gasteiger partial charge in [0, 0.05) is 6.42 Å². The molecule has 0 N–H and O–H groups in total. The maximum absolute atomic E-state index is 11.7. The van der Waals surface area contributed by atoms with Gasteiger partial charge in [0.1, 0.15) is 5.75 Å². The summed E-state index contributed by atoms with van der Waals surface area (Å²) in [5.41, 5.74) is 0.0623. The first-order valence-electron chi connectivity index (χ1n) is 7.27. The molecule has 0 spiro atoms. The maximum atomic E-state index is 11.7. The zero-order chi connectivity index (χ0) is 15.0. The van der Waals surface area contributed by atoms with Gasteiger partial charge in [0.2, 0.25) is 0 Å². The molecule has 0 fully saturated rings. The molecule has 1 aromatic carbocycles. The van der Waals surface area contributed by atoms with Crippen molar-refractivity contribution in [1.82, 2.24) is 0 Å². The van der Waals surface area contributed by atoms with Gasteiger partial charge in [-0.15, -0.1) is 0 Å². The highest BCUT2D eigenvalue weighted by atomic mass is 16.5. The lowest BCUT2D eigenvalue weighted by molar-refractivity contribution is -0.145. The summed E-state index contributed by atoms with van der Waals surface area (Å²) in [6, 6.07) is 9.75. The van der Waals surface area contributed by atoms with Crippen molar-refractivity contribution in [3.05, 3.63) is 30.3 Å². The van der Waals surface area contributed by atoms with E-state index in [-0.39, 0.29) is 17.3 Å². The lowest BCUT2D eigenvalue weighted by Gasteiger charge is -2.30. The molecule has 3 nitrogen and oxygen atoms in total. The van der Waals surface area contributed by atoms with Crippen LogP contribution < -0.4 is 4.74 Å². The monoisotopic (exact) mass is 278 g/mol. The van der Waals surface area contributed by atoms with E-state index in [0.717, 1.165) is 12.2 Å². The first kappa shape index (κ1) is 16.5. The van der Waals surface area contributed by atoms with Crippen LogP contribution in [0.5, 0.6) is 5.75 Å². The number of hydrogen-bond acceptors (Lipinski definition) is 3. The fourth-order valence-electron chi connectivity index (χ4n) is 2.10. The van der Waals surface area contributed by atoms with Gasteiger partial charge in [-0.25, -0.2) is 0 Å². The summed E-state index contributed by atoms with van der Waals surface area (Å²) in [5.74, 6) is 1.01. The first-order valence-corrected chi connectivity index (χ1v) is 7.27. The molecule has 0 radical (unpaired) electrons. The SMILES string of the molecule is CCOC(=O)CC(CCOc1ccccc1)C(C)(C)C. The number of benzene rings is 1. The van der Waals surface area contributed by atoms with Crippen molar-refractivity contribution < 1.29 is 14.3 Å². The van der Waals surface area contributed by atoms with E-state index in [9.17, 15) is 4.79 Å². The van der Waals surface area contributed by atoms with Gasteiger partial charge in [0.05, 0.1) is 13.2 Å². The molecule has 1 rings (SSSR count). The van der Waals surface area contributed by atoms with Crippen molar-refractivity contribution in [2.45, 2.75) is 40.5 Å². The number of carbonyl (C=O) groups is 1. The van der Waals surface area contributed by atoms with Crippen LogP contribution in [0.2, 0.25) is 0 Å². The number of esters is 1. The summed E-state index contributed by atoms with van der Waals surface area (Å²) in [7, 11) is 0. The van der Waals surface area contributed by atoms with E-state index in [1.165, 1.54) is 0 Å². The minimum Gasteiger partial charge on any atom is -0.494 e. The Morgan fingerprint density at radius 3 is 2.40 bits per heavy atom. The van der Waals surface area contributed by atoms with Crippen molar-refractivity contribution in [2.75, 3.05) is 13.2 Å². The average molecular weight is 278 g/mol. The fraction of sp³-hybridized carbons (Fsp3) is 0.588. The molecule has 0 amide bonds. The standard InChI is InChI=1S/C17H26O3/c1-5-19-16(18)13-14(17(2,3)4)11-12-20-15-9-7-6-8-10-15/h6-10,14H,5,11-13H2,1-4H3. The average Bonchev–Trinajstić information content (AvgIpc) is 2.38. The van der Waals surface area contributed by atoms with Crippen LogP contribution in [-0.4, -0.2) is 19.2 Å². The Morgan fingerprint density at radius 1 is 1.20 bits per heavy atom. The van der Waals surface area contributed by atoms with Gasteiger partial charge < -0.3 is 9.47 Å². The highest BCUT2D eigenvalue weighted by molar-refractivity contribution is 5.69. The van der Waals surface area contributed by atoms with E-state index in [1.807, 2.05) is 37.3 Å². The fourth-order valence-corrected chi connectivity index (χ4v) is 2.10. The van der Waals surface area contributed by atoms with Crippen molar-refractivity contribution in [3.8, 4) is 5.75 Å². The summed E-state index contributed by atoms with van der Waals surface area (Å²) in [6.45, 7) is 9.35. The third kappa shape index (κ3) is 6.09. The zero-order valence-electron chi connectivity index (χ0n) is 13.0. The zero-order valence-corrected chi connectivity index (χ0v) is 13.0. The van der Waals surface area contributed by atoms with Gasteiger partial charge >= 0.3 is 5.97 Å². The van der Waals surface area contributed by atoms with Crippen molar-refractivity contribution >= 4 is 5.97 Å². The number of ether oxygens (including phenoxy) is 2. The number of carbonyl (C=O) groups excluding carboxylic acids is 1. The second kappa shape index (κ2) is 7.93. The van der Waals surface area contributed by atoms with Crippen LogP contribution >= 0.6 is 0 Å². The van der Waals surface area contributed by atoms with Gasteiger partial charge in [-0.1, -0.05) is 39.0 Å². The van der Waals surface area contributed by atoms with Crippen molar-refractivity contribution in [3.63, 3.8) is 0 Å². The molecule has 1 atom stereocenters. The number of rotatable bonds is 7. The Kier molecular flexibility index (Phi) is 6.56. The van der Waals surface area contributed by atoms with E-state index in [0.29, 0.717) is 19.6 Å². The molecule has 20 heavy (non-hydrogen) atoms. The normalized spacial score (nSPS) is 12.8. The van der Waals surface area contributed by atoms with Gasteiger partial charge in [-0.3, -0.25) is 4.79 Å². The van der Waals surface area contributed by atoms with Crippen LogP contribution in [0.25, 0.3) is 0 Å². The van der Waals surface area contributed by atoms with Crippen molar-refractivity contribution in [1.29, 1.82) is 0 Å². The second-order valence-electron chi connectivity index (χ2n) is 6.02. The molecule has 0 saturated heterocycles. The summed E-state index contributed by atoms with van der Waals surface area (Å²) in [6.07, 6.45) is 1.30. The lowest BCUT2D eigenvalue weighted by atomic mass is 9.77. The van der Waals surface area contributed by atoms with Gasteiger partial charge in [0.25, 0.3) is 0 Å². The third-order valence-corrected chi connectivity index (χ3v) is 3.42. The number of hydrogen-bond donors (Lipinski definition) is 0. The maximum Gasteiger partial charge on any atom is 0.306 e. The van der Waals surface area contributed by atoms with Crippen LogP contribution in [-0.2, 0) is 9.53 Å². The molecule has 0 heterocycles. The summed E-state index contributed by atoms with van der Waals surface area (Å²) >= 11 is 0. The van der Waals surface area contributed by atoms with E-state index in [2.05, 4.69) is 20.8 Å². The Balaban J connectivity index is 2.47. The Morgan fingerprint density at radius 2 is 1.85 bits per heavy atom. The molecule has 0 aliphatic carbocycles. The van der Waals surface area contributed by atoms with Crippen LogP contribution in [0.4, 0.5) is 0 Å². The van der Waals surface area contributed by atoms with E-state index in [1.54, 1.807) is 0 Å². The molecular weight excluding hydrogens is 252 g/mol. The van der Waals surface area contributed by atoms with E-state index >= 15 is 0 Å². The van der Waals surface area contributed by atoms with Crippen LogP contribution in [0.15, 0.2) is 30.3 Å². The highest BCUT2D eigenvalue weighted by Gasteiger charge is 2.27.